The maximum Gasteiger partial charge on any atom is 0.281 e. The molecular weight excluding hydrogens is 316 g/mol. The van der Waals surface area contributed by atoms with Crippen molar-refractivity contribution < 1.29 is 19.7 Å². The van der Waals surface area contributed by atoms with Crippen LogP contribution < -0.4 is 10.2 Å². The molecule has 0 atom stereocenters. The van der Waals surface area contributed by atoms with Gasteiger partial charge in [0.05, 0.1) is 18.2 Å². The smallest absolute Gasteiger partial charge is 0.281 e. The van der Waals surface area contributed by atoms with Crippen molar-refractivity contribution in [3.63, 3.8) is 0 Å². The first kappa shape index (κ1) is 15.4. The Morgan fingerprint density at radius 2 is 2.17 bits per heavy atom. The third kappa shape index (κ3) is 3.14. The Labute approximate surface area is 137 Å². The maximum atomic E-state index is 12.1. The summed E-state index contributed by atoms with van der Waals surface area (Å²) in [5.74, 6) is -0.767. The van der Waals surface area contributed by atoms with Crippen LogP contribution in [0.4, 0.5) is 0 Å². The number of phenols is 2. The molecule has 0 saturated carbocycles. The fourth-order valence-electron chi connectivity index (χ4n) is 2.51. The molecule has 1 aromatic carbocycles. The van der Waals surface area contributed by atoms with Crippen molar-refractivity contribution in [2.45, 2.75) is 19.3 Å². The summed E-state index contributed by atoms with van der Waals surface area (Å²) in [6.07, 6.45) is 4.62. The van der Waals surface area contributed by atoms with Gasteiger partial charge in [0, 0.05) is 10.4 Å². The van der Waals surface area contributed by atoms with Gasteiger partial charge in [0.15, 0.2) is 11.5 Å². The summed E-state index contributed by atoms with van der Waals surface area (Å²) in [5.41, 5.74) is 4.22. The van der Waals surface area contributed by atoms with Gasteiger partial charge in [-0.05, 0) is 43.0 Å². The first-order chi connectivity index (χ1) is 11.1. The van der Waals surface area contributed by atoms with Crippen LogP contribution >= 0.6 is 11.3 Å². The van der Waals surface area contributed by atoms with Gasteiger partial charge in [-0.2, -0.15) is 5.10 Å². The third-order valence-electron chi connectivity index (χ3n) is 3.65. The molecule has 120 valence electrons. The van der Waals surface area contributed by atoms with E-state index in [-0.39, 0.29) is 23.2 Å². The number of aromatic hydroxyl groups is 2. The van der Waals surface area contributed by atoms with Crippen LogP contribution in [0.25, 0.3) is 0 Å². The van der Waals surface area contributed by atoms with Crippen LogP contribution in [0.3, 0.4) is 0 Å². The van der Waals surface area contributed by atoms with E-state index < -0.39 is 0 Å². The fourth-order valence-corrected chi connectivity index (χ4v) is 3.65. The van der Waals surface area contributed by atoms with E-state index >= 15 is 0 Å². The number of hydrogen-bond acceptors (Lipinski definition) is 6. The Kier molecular flexibility index (Phi) is 4.20. The Bertz CT molecular complexity index is 761. The summed E-state index contributed by atoms with van der Waals surface area (Å²) in [6, 6.07) is 4.75. The van der Waals surface area contributed by atoms with Crippen LogP contribution in [0, 0.1) is 0 Å². The van der Waals surface area contributed by atoms with Crippen LogP contribution in [0.5, 0.6) is 17.2 Å². The van der Waals surface area contributed by atoms with Crippen LogP contribution in [0.1, 0.15) is 32.1 Å². The van der Waals surface area contributed by atoms with Crippen molar-refractivity contribution in [1.82, 2.24) is 5.43 Å². The van der Waals surface area contributed by atoms with Gasteiger partial charge in [0.1, 0.15) is 0 Å². The third-order valence-corrected chi connectivity index (χ3v) is 4.88. The maximum absolute atomic E-state index is 12.1. The van der Waals surface area contributed by atoms with E-state index in [0.717, 1.165) is 19.3 Å². The molecule has 3 N–H and O–H groups in total. The molecule has 1 amide bonds. The van der Waals surface area contributed by atoms with E-state index in [0.29, 0.717) is 10.4 Å². The van der Waals surface area contributed by atoms with Crippen LogP contribution in [-0.4, -0.2) is 29.4 Å². The van der Waals surface area contributed by atoms with Gasteiger partial charge in [-0.15, -0.1) is 11.3 Å². The number of aryl methyl sites for hydroxylation is 2. The first-order valence-electron chi connectivity index (χ1n) is 7.13. The molecule has 7 heteroatoms. The minimum atomic E-state index is -0.332. The number of fused-ring (bicyclic) bond motifs is 1. The lowest BCUT2D eigenvalue weighted by Crippen LogP contribution is -2.16. The molecule has 0 unspecified atom stereocenters. The second-order valence-corrected chi connectivity index (χ2v) is 6.34. The summed E-state index contributed by atoms with van der Waals surface area (Å²) < 4.78 is 4.94. The Morgan fingerprint density at radius 3 is 2.91 bits per heavy atom. The molecule has 6 nitrogen and oxygen atoms in total. The second kappa shape index (κ2) is 6.29. The summed E-state index contributed by atoms with van der Waals surface area (Å²) in [5, 5.41) is 23.0. The number of thiophene rings is 1. The minimum Gasteiger partial charge on any atom is -0.504 e. The molecule has 0 radical (unpaired) electrons. The molecule has 1 aliphatic carbocycles. The van der Waals surface area contributed by atoms with Gasteiger partial charge < -0.3 is 14.9 Å². The number of carbonyl (C=O) groups excluding carboxylic acids is 1. The molecule has 0 aliphatic heterocycles. The van der Waals surface area contributed by atoms with E-state index in [9.17, 15) is 15.0 Å². The largest absolute Gasteiger partial charge is 0.504 e. The quantitative estimate of drug-likeness (QED) is 0.455. The molecule has 1 aromatic heterocycles. The van der Waals surface area contributed by atoms with Crippen molar-refractivity contribution in [2.75, 3.05) is 7.11 Å². The van der Waals surface area contributed by atoms with Crippen molar-refractivity contribution in [3.8, 4) is 17.2 Å². The average molecular weight is 332 g/mol. The molecule has 2 aromatic rings. The standard InChI is InChI=1S/C16H16N2O4S/c1-22-12-6-9(5-11(19)15(12)20)8-17-18-16(21)14-7-10-3-2-4-13(10)23-14/h5-8,19-20H,2-4H2,1H3,(H,18,21)/b17-8+. The minimum absolute atomic E-state index is 0.132. The number of hydrogen-bond donors (Lipinski definition) is 3. The summed E-state index contributed by atoms with van der Waals surface area (Å²) in [4.78, 5) is 14.0. The molecule has 0 bridgehead atoms. The number of rotatable bonds is 4. The topological polar surface area (TPSA) is 91.2 Å². The lowest BCUT2D eigenvalue weighted by atomic mass is 10.2. The van der Waals surface area contributed by atoms with Crippen molar-refractivity contribution >= 4 is 23.5 Å². The van der Waals surface area contributed by atoms with E-state index in [1.807, 2.05) is 6.07 Å². The lowest BCUT2D eigenvalue weighted by Gasteiger charge is -2.06. The molecule has 0 saturated heterocycles. The molecule has 23 heavy (non-hydrogen) atoms. The highest BCUT2D eigenvalue weighted by molar-refractivity contribution is 7.14. The van der Waals surface area contributed by atoms with Crippen LogP contribution in [-0.2, 0) is 12.8 Å². The average Bonchev–Trinajstić information content (AvgIpc) is 3.12. The fraction of sp³-hybridized carbons (Fsp3) is 0.250. The predicted molar refractivity (Wildman–Crippen MR) is 87.7 cm³/mol. The molecule has 3 rings (SSSR count). The number of ether oxygens (including phenoxy) is 1. The Hall–Kier alpha value is -2.54. The summed E-state index contributed by atoms with van der Waals surface area (Å²) >= 11 is 1.51. The lowest BCUT2D eigenvalue weighted by molar-refractivity contribution is 0.0959. The summed E-state index contributed by atoms with van der Waals surface area (Å²) in [6.45, 7) is 0. The monoisotopic (exact) mass is 332 g/mol. The Morgan fingerprint density at radius 1 is 1.35 bits per heavy atom. The van der Waals surface area contributed by atoms with Gasteiger partial charge in [-0.1, -0.05) is 0 Å². The number of nitrogens with one attached hydrogen (secondary N) is 1. The van der Waals surface area contributed by atoms with Crippen LogP contribution in [0.15, 0.2) is 23.3 Å². The van der Waals surface area contributed by atoms with Crippen molar-refractivity contribution in [2.24, 2.45) is 5.10 Å². The first-order valence-corrected chi connectivity index (χ1v) is 7.95. The highest BCUT2D eigenvalue weighted by atomic mass is 32.1. The number of phenolic OH excluding ortho intramolecular Hbond substituents is 2. The van der Waals surface area contributed by atoms with Crippen molar-refractivity contribution in [3.05, 3.63) is 39.1 Å². The number of benzene rings is 1. The normalized spacial score (nSPS) is 13.3. The predicted octanol–water partition coefficient (Wildman–Crippen LogP) is 2.42. The van der Waals surface area contributed by atoms with Gasteiger partial charge in [0.2, 0.25) is 5.75 Å². The van der Waals surface area contributed by atoms with E-state index in [1.165, 1.54) is 47.2 Å². The zero-order chi connectivity index (χ0) is 16.4. The van der Waals surface area contributed by atoms with Gasteiger partial charge in [-0.3, -0.25) is 4.79 Å². The zero-order valence-electron chi connectivity index (χ0n) is 12.5. The highest BCUT2D eigenvalue weighted by Crippen LogP contribution is 2.35. The van der Waals surface area contributed by atoms with Gasteiger partial charge in [-0.25, -0.2) is 5.43 Å². The SMILES string of the molecule is COc1cc(/C=N/NC(=O)c2cc3c(s2)CCC3)cc(O)c1O. The van der Waals surface area contributed by atoms with E-state index in [2.05, 4.69) is 10.5 Å². The number of methoxy groups -OCH3 is 1. The summed E-state index contributed by atoms with van der Waals surface area (Å²) in [7, 11) is 1.38. The second-order valence-electron chi connectivity index (χ2n) is 5.20. The van der Waals surface area contributed by atoms with Gasteiger partial charge in [0.25, 0.3) is 5.91 Å². The molecule has 1 heterocycles. The Balaban J connectivity index is 1.68. The highest BCUT2D eigenvalue weighted by Gasteiger charge is 2.18. The van der Waals surface area contributed by atoms with E-state index in [4.69, 9.17) is 4.74 Å². The van der Waals surface area contributed by atoms with Crippen molar-refractivity contribution in [1.29, 1.82) is 0 Å². The number of carbonyl (C=O) groups is 1. The number of nitrogens with zero attached hydrogens (tertiary/aromatic N) is 1. The van der Waals surface area contributed by atoms with Gasteiger partial charge >= 0.3 is 0 Å². The molecule has 1 aliphatic rings. The number of amides is 1. The van der Waals surface area contributed by atoms with Crippen LogP contribution in [0.2, 0.25) is 0 Å². The molecule has 0 fully saturated rings. The molecule has 0 spiro atoms. The molecular formula is C16H16N2O4S. The number of hydrazone groups is 1. The zero-order valence-corrected chi connectivity index (χ0v) is 13.3. The van der Waals surface area contributed by atoms with E-state index in [1.54, 1.807) is 0 Å².